The van der Waals surface area contributed by atoms with Gasteiger partial charge in [-0.3, -0.25) is 4.68 Å². The van der Waals surface area contributed by atoms with Gasteiger partial charge in [0.2, 0.25) is 0 Å². The minimum absolute atomic E-state index is 0.219. The molecule has 0 unspecified atom stereocenters. The SMILES string of the molecule is CCc1cc(CC2(CNC(C)(C)C)CC2)n(C)n1. The highest BCUT2D eigenvalue weighted by Gasteiger charge is 2.43. The van der Waals surface area contributed by atoms with Crippen LogP contribution in [0.4, 0.5) is 0 Å². The van der Waals surface area contributed by atoms with Crippen molar-refractivity contribution in [1.82, 2.24) is 15.1 Å². The Labute approximate surface area is 111 Å². The second kappa shape index (κ2) is 4.69. The van der Waals surface area contributed by atoms with Crippen LogP contribution in [-0.4, -0.2) is 21.9 Å². The van der Waals surface area contributed by atoms with Gasteiger partial charge in [-0.25, -0.2) is 0 Å². The van der Waals surface area contributed by atoms with Crippen molar-refractivity contribution in [1.29, 1.82) is 0 Å². The highest BCUT2D eigenvalue weighted by atomic mass is 15.3. The molecule has 2 rings (SSSR count). The van der Waals surface area contributed by atoms with E-state index >= 15 is 0 Å². The summed E-state index contributed by atoms with van der Waals surface area (Å²) in [6.45, 7) is 10.0. The average Bonchev–Trinajstić information content (AvgIpc) is 2.95. The molecule has 1 aromatic rings. The van der Waals surface area contributed by atoms with Crippen molar-refractivity contribution in [2.75, 3.05) is 6.54 Å². The van der Waals surface area contributed by atoms with Gasteiger partial charge < -0.3 is 5.32 Å². The van der Waals surface area contributed by atoms with Gasteiger partial charge in [0.05, 0.1) is 5.69 Å². The number of hydrogen-bond acceptors (Lipinski definition) is 2. The first-order valence-corrected chi connectivity index (χ1v) is 7.10. The van der Waals surface area contributed by atoms with Gasteiger partial charge >= 0.3 is 0 Å². The molecule has 0 spiro atoms. The molecule has 1 N–H and O–H groups in total. The molecular weight excluding hydrogens is 222 g/mol. The molecule has 1 saturated carbocycles. The molecule has 3 heteroatoms. The molecular formula is C15H27N3. The van der Waals surface area contributed by atoms with E-state index in [-0.39, 0.29) is 5.54 Å². The molecule has 0 radical (unpaired) electrons. The summed E-state index contributed by atoms with van der Waals surface area (Å²) in [6, 6.07) is 2.27. The second-order valence-electron chi connectivity index (χ2n) is 6.88. The van der Waals surface area contributed by atoms with E-state index in [9.17, 15) is 0 Å². The number of nitrogens with zero attached hydrogens (tertiary/aromatic N) is 2. The maximum absolute atomic E-state index is 4.55. The van der Waals surface area contributed by atoms with Crippen molar-refractivity contribution in [3.8, 4) is 0 Å². The summed E-state index contributed by atoms with van der Waals surface area (Å²) < 4.78 is 2.07. The molecule has 0 saturated heterocycles. The highest BCUT2D eigenvalue weighted by molar-refractivity contribution is 5.15. The molecule has 1 fully saturated rings. The van der Waals surface area contributed by atoms with E-state index in [0.717, 1.165) is 13.0 Å². The van der Waals surface area contributed by atoms with Crippen LogP contribution >= 0.6 is 0 Å². The van der Waals surface area contributed by atoms with Gasteiger partial charge in [0.1, 0.15) is 0 Å². The van der Waals surface area contributed by atoms with Crippen LogP contribution in [-0.2, 0) is 19.9 Å². The molecule has 1 heterocycles. The number of rotatable bonds is 5. The normalized spacial score (nSPS) is 18.1. The number of aromatic nitrogens is 2. The maximum Gasteiger partial charge on any atom is 0.0624 e. The number of aryl methyl sites for hydroxylation is 2. The largest absolute Gasteiger partial charge is 0.312 e. The van der Waals surface area contributed by atoms with Crippen molar-refractivity contribution < 1.29 is 0 Å². The quantitative estimate of drug-likeness (QED) is 0.869. The molecule has 1 aromatic heterocycles. The van der Waals surface area contributed by atoms with Gasteiger partial charge in [-0.05, 0) is 57.9 Å². The first-order valence-electron chi connectivity index (χ1n) is 7.10. The smallest absolute Gasteiger partial charge is 0.0624 e. The predicted molar refractivity (Wildman–Crippen MR) is 75.7 cm³/mol. The molecule has 0 aliphatic heterocycles. The molecule has 1 aliphatic carbocycles. The lowest BCUT2D eigenvalue weighted by Crippen LogP contribution is -2.40. The zero-order valence-electron chi connectivity index (χ0n) is 12.5. The lowest BCUT2D eigenvalue weighted by atomic mass is 9.98. The van der Waals surface area contributed by atoms with Crippen LogP contribution in [0.15, 0.2) is 6.07 Å². The van der Waals surface area contributed by atoms with Crippen LogP contribution in [0, 0.1) is 5.41 Å². The molecule has 1 aliphatic rings. The summed E-state index contributed by atoms with van der Waals surface area (Å²) >= 11 is 0. The van der Waals surface area contributed by atoms with Crippen molar-refractivity contribution in [3.63, 3.8) is 0 Å². The summed E-state index contributed by atoms with van der Waals surface area (Å²) in [5.74, 6) is 0. The Hall–Kier alpha value is -0.830. The Morgan fingerprint density at radius 2 is 2.06 bits per heavy atom. The summed E-state index contributed by atoms with van der Waals surface area (Å²) in [7, 11) is 2.07. The van der Waals surface area contributed by atoms with Gasteiger partial charge in [0, 0.05) is 24.8 Å². The second-order valence-corrected chi connectivity index (χ2v) is 6.88. The summed E-state index contributed by atoms with van der Waals surface area (Å²) in [5, 5.41) is 8.20. The molecule has 0 aromatic carbocycles. The van der Waals surface area contributed by atoms with E-state index in [1.165, 1.54) is 30.7 Å². The topological polar surface area (TPSA) is 29.9 Å². The van der Waals surface area contributed by atoms with E-state index < -0.39 is 0 Å². The van der Waals surface area contributed by atoms with Crippen molar-refractivity contribution in [2.24, 2.45) is 12.5 Å². The summed E-state index contributed by atoms with van der Waals surface area (Å²) in [4.78, 5) is 0. The fourth-order valence-corrected chi connectivity index (χ4v) is 2.34. The third-order valence-electron chi connectivity index (χ3n) is 3.90. The third kappa shape index (κ3) is 3.35. The maximum atomic E-state index is 4.55. The van der Waals surface area contributed by atoms with Gasteiger partial charge in [-0.1, -0.05) is 6.92 Å². The minimum atomic E-state index is 0.219. The molecule has 18 heavy (non-hydrogen) atoms. The lowest BCUT2D eigenvalue weighted by molar-refractivity contribution is 0.352. The van der Waals surface area contributed by atoms with Crippen LogP contribution < -0.4 is 5.32 Å². The van der Waals surface area contributed by atoms with E-state index in [4.69, 9.17) is 0 Å². The predicted octanol–water partition coefficient (Wildman–Crippen LogP) is 2.69. The van der Waals surface area contributed by atoms with Crippen LogP contribution in [0.1, 0.15) is 51.9 Å². The Bertz CT molecular complexity index is 408. The first-order chi connectivity index (χ1) is 8.34. The monoisotopic (exact) mass is 249 g/mol. The van der Waals surface area contributed by atoms with Crippen molar-refractivity contribution in [2.45, 2.75) is 58.9 Å². The minimum Gasteiger partial charge on any atom is -0.312 e. The van der Waals surface area contributed by atoms with E-state index in [2.05, 4.69) is 55.9 Å². The van der Waals surface area contributed by atoms with Crippen molar-refractivity contribution >= 4 is 0 Å². The highest BCUT2D eigenvalue weighted by Crippen LogP contribution is 2.48. The van der Waals surface area contributed by atoms with Crippen LogP contribution in [0.5, 0.6) is 0 Å². The lowest BCUT2D eigenvalue weighted by Gasteiger charge is -2.25. The fourth-order valence-electron chi connectivity index (χ4n) is 2.34. The van der Waals surface area contributed by atoms with E-state index in [1.54, 1.807) is 0 Å². The van der Waals surface area contributed by atoms with Crippen molar-refractivity contribution in [3.05, 3.63) is 17.5 Å². The third-order valence-corrected chi connectivity index (χ3v) is 3.90. The molecule has 102 valence electrons. The van der Waals surface area contributed by atoms with Crippen LogP contribution in [0.25, 0.3) is 0 Å². The zero-order valence-corrected chi connectivity index (χ0v) is 12.5. The fraction of sp³-hybridized carbons (Fsp3) is 0.800. The van der Waals surface area contributed by atoms with Gasteiger partial charge in [0.25, 0.3) is 0 Å². The number of hydrogen-bond donors (Lipinski definition) is 1. The van der Waals surface area contributed by atoms with Gasteiger partial charge in [0.15, 0.2) is 0 Å². The molecule has 3 nitrogen and oxygen atoms in total. The van der Waals surface area contributed by atoms with Crippen LogP contribution in [0.3, 0.4) is 0 Å². The zero-order chi connectivity index (χ0) is 13.4. The van der Waals surface area contributed by atoms with E-state index in [1.807, 2.05) is 0 Å². The standard InChI is InChI=1S/C15H27N3/c1-6-12-9-13(18(5)17-12)10-15(7-8-15)11-16-14(2,3)4/h9,16H,6-8,10-11H2,1-5H3. The average molecular weight is 249 g/mol. The summed E-state index contributed by atoms with van der Waals surface area (Å²) in [6.07, 6.45) is 4.89. The Morgan fingerprint density at radius 1 is 1.39 bits per heavy atom. The number of nitrogens with one attached hydrogen (secondary N) is 1. The molecule has 0 bridgehead atoms. The van der Waals surface area contributed by atoms with E-state index in [0.29, 0.717) is 5.41 Å². The summed E-state index contributed by atoms with van der Waals surface area (Å²) in [5.41, 5.74) is 3.31. The Balaban J connectivity index is 1.98. The molecule has 0 atom stereocenters. The molecule has 0 amide bonds. The van der Waals surface area contributed by atoms with Gasteiger partial charge in [-0.2, -0.15) is 5.10 Å². The Morgan fingerprint density at radius 3 is 2.50 bits per heavy atom. The first kappa shape index (κ1) is 13.6. The Kier molecular flexibility index (Phi) is 3.54. The van der Waals surface area contributed by atoms with Crippen LogP contribution in [0.2, 0.25) is 0 Å². The van der Waals surface area contributed by atoms with Gasteiger partial charge in [-0.15, -0.1) is 0 Å².